The van der Waals surface area contributed by atoms with Gasteiger partial charge in [0.05, 0.1) is 5.92 Å². The van der Waals surface area contributed by atoms with Crippen molar-refractivity contribution in [3.63, 3.8) is 0 Å². The molecule has 19 heavy (non-hydrogen) atoms. The minimum atomic E-state index is 0.131. The lowest BCUT2D eigenvalue weighted by molar-refractivity contribution is 0.702. The number of rotatable bonds is 3. The Morgan fingerprint density at radius 2 is 1.95 bits per heavy atom. The van der Waals surface area contributed by atoms with Gasteiger partial charge in [-0.1, -0.05) is 42.5 Å². The Morgan fingerprint density at radius 3 is 2.68 bits per heavy atom. The summed E-state index contributed by atoms with van der Waals surface area (Å²) in [4.78, 5) is 4.45. The Bertz CT molecular complexity index is 695. The number of benzene rings is 2. The first-order chi connectivity index (χ1) is 9.31. The number of hydrogen-bond donors (Lipinski definition) is 1. The summed E-state index contributed by atoms with van der Waals surface area (Å²) in [6, 6.07) is 14.8. The van der Waals surface area contributed by atoms with Crippen molar-refractivity contribution in [3.8, 4) is 0 Å². The molecular weight excluding hydrogens is 234 g/mol. The van der Waals surface area contributed by atoms with Crippen molar-refractivity contribution in [3.05, 3.63) is 66.2 Å². The number of hydrogen-bond acceptors (Lipinski definition) is 2. The molecule has 0 aliphatic carbocycles. The van der Waals surface area contributed by atoms with Gasteiger partial charge in [0.25, 0.3) is 0 Å². The first-order valence-corrected chi connectivity index (χ1v) is 6.46. The van der Waals surface area contributed by atoms with Gasteiger partial charge in [-0.15, -0.1) is 0 Å². The zero-order chi connectivity index (χ0) is 13.2. The van der Waals surface area contributed by atoms with Gasteiger partial charge in [-0.05, 0) is 16.3 Å². The minimum absolute atomic E-state index is 0.131. The third kappa shape index (κ3) is 2.02. The van der Waals surface area contributed by atoms with Crippen LogP contribution in [-0.4, -0.2) is 16.1 Å². The van der Waals surface area contributed by atoms with Gasteiger partial charge < -0.3 is 10.3 Å². The first kappa shape index (κ1) is 11.9. The van der Waals surface area contributed by atoms with Crippen LogP contribution in [0.4, 0.5) is 0 Å². The average molecular weight is 251 g/mol. The van der Waals surface area contributed by atoms with Gasteiger partial charge in [0.2, 0.25) is 0 Å². The maximum Gasteiger partial charge on any atom is 0.117 e. The summed E-state index contributed by atoms with van der Waals surface area (Å²) >= 11 is 0. The normalized spacial score (nSPS) is 12.7. The topological polar surface area (TPSA) is 43.8 Å². The highest BCUT2D eigenvalue weighted by atomic mass is 15.0. The number of fused-ring (bicyclic) bond motifs is 1. The molecule has 96 valence electrons. The molecule has 3 aromatic rings. The number of nitrogens with two attached hydrogens (primary N) is 1. The van der Waals surface area contributed by atoms with Gasteiger partial charge in [0.1, 0.15) is 5.82 Å². The van der Waals surface area contributed by atoms with Crippen LogP contribution in [0.25, 0.3) is 10.8 Å². The standard InChI is InChI=1S/C16H17N3/c1-19-10-9-18-16(19)15(11-17)14-8-4-6-12-5-2-3-7-13(12)14/h2-10,15H,11,17H2,1H3. The van der Waals surface area contributed by atoms with Crippen LogP contribution in [0.3, 0.4) is 0 Å². The molecule has 3 rings (SSSR count). The van der Waals surface area contributed by atoms with Crippen LogP contribution in [0.5, 0.6) is 0 Å². The lowest BCUT2D eigenvalue weighted by atomic mass is 9.93. The third-order valence-corrected chi connectivity index (χ3v) is 3.60. The smallest absolute Gasteiger partial charge is 0.117 e. The number of imidazole rings is 1. The number of aromatic nitrogens is 2. The maximum atomic E-state index is 6.00. The fourth-order valence-corrected chi connectivity index (χ4v) is 2.64. The van der Waals surface area contributed by atoms with E-state index in [9.17, 15) is 0 Å². The molecule has 0 amide bonds. The van der Waals surface area contributed by atoms with E-state index in [0.29, 0.717) is 6.54 Å². The summed E-state index contributed by atoms with van der Waals surface area (Å²) in [6.45, 7) is 0.554. The molecule has 2 aromatic carbocycles. The molecule has 0 bridgehead atoms. The largest absolute Gasteiger partial charge is 0.337 e. The second kappa shape index (κ2) is 4.86. The monoisotopic (exact) mass is 251 g/mol. The van der Waals surface area contributed by atoms with Crippen LogP contribution in [0, 0.1) is 0 Å². The third-order valence-electron chi connectivity index (χ3n) is 3.60. The molecule has 0 aliphatic rings. The Balaban J connectivity index is 2.20. The molecule has 0 spiro atoms. The van der Waals surface area contributed by atoms with Gasteiger partial charge in [0.15, 0.2) is 0 Å². The predicted molar refractivity (Wildman–Crippen MR) is 78.1 cm³/mol. The van der Waals surface area contributed by atoms with Gasteiger partial charge in [0, 0.05) is 26.0 Å². The quantitative estimate of drug-likeness (QED) is 0.777. The molecule has 0 fully saturated rings. The molecule has 0 aliphatic heterocycles. The Hall–Kier alpha value is -2.13. The van der Waals surface area contributed by atoms with Gasteiger partial charge in [-0.25, -0.2) is 4.98 Å². The second-order valence-corrected chi connectivity index (χ2v) is 4.75. The van der Waals surface area contributed by atoms with E-state index < -0.39 is 0 Å². The van der Waals surface area contributed by atoms with Crippen molar-refractivity contribution in [2.45, 2.75) is 5.92 Å². The first-order valence-electron chi connectivity index (χ1n) is 6.46. The van der Waals surface area contributed by atoms with Gasteiger partial charge in [-0.3, -0.25) is 0 Å². The molecule has 0 radical (unpaired) electrons. The van der Waals surface area contributed by atoms with Crippen LogP contribution in [-0.2, 0) is 7.05 Å². The second-order valence-electron chi connectivity index (χ2n) is 4.75. The molecule has 1 unspecified atom stereocenters. The molecule has 1 atom stereocenters. The van der Waals surface area contributed by atoms with Crippen molar-refractivity contribution < 1.29 is 0 Å². The Morgan fingerprint density at radius 1 is 1.16 bits per heavy atom. The lowest BCUT2D eigenvalue weighted by Gasteiger charge is -2.17. The summed E-state index contributed by atoms with van der Waals surface area (Å²) < 4.78 is 2.04. The predicted octanol–water partition coefficient (Wildman–Crippen LogP) is 2.66. The van der Waals surface area contributed by atoms with Crippen molar-refractivity contribution >= 4 is 10.8 Å². The number of aryl methyl sites for hydroxylation is 1. The van der Waals surface area contributed by atoms with E-state index in [1.165, 1.54) is 16.3 Å². The molecular formula is C16H17N3. The van der Waals surface area contributed by atoms with E-state index in [4.69, 9.17) is 5.73 Å². The summed E-state index contributed by atoms with van der Waals surface area (Å²) in [5, 5.41) is 2.50. The molecule has 2 N–H and O–H groups in total. The van der Waals surface area contributed by atoms with Crippen LogP contribution in [0.2, 0.25) is 0 Å². The van der Waals surface area contributed by atoms with E-state index in [2.05, 4.69) is 47.4 Å². The SMILES string of the molecule is Cn1ccnc1C(CN)c1cccc2ccccc12. The van der Waals surface area contributed by atoms with Crippen molar-refractivity contribution in [2.24, 2.45) is 12.8 Å². The molecule has 3 heteroatoms. The minimum Gasteiger partial charge on any atom is -0.337 e. The van der Waals surface area contributed by atoms with Gasteiger partial charge >= 0.3 is 0 Å². The summed E-state index contributed by atoms with van der Waals surface area (Å²) in [5.41, 5.74) is 7.25. The maximum absolute atomic E-state index is 6.00. The van der Waals surface area contributed by atoms with E-state index in [1.54, 1.807) is 0 Å². The van der Waals surface area contributed by atoms with Crippen molar-refractivity contribution in [2.75, 3.05) is 6.54 Å². The van der Waals surface area contributed by atoms with E-state index >= 15 is 0 Å². The van der Waals surface area contributed by atoms with Crippen LogP contribution in [0.15, 0.2) is 54.9 Å². The van der Waals surface area contributed by atoms with E-state index in [0.717, 1.165) is 5.82 Å². The highest BCUT2D eigenvalue weighted by molar-refractivity contribution is 5.86. The van der Waals surface area contributed by atoms with E-state index in [-0.39, 0.29) is 5.92 Å². The zero-order valence-corrected chi connectivity index (χ0v) is 11.0. The fourth-order valence-electron chi connectivity index (χ4n) is 2.64. The zero-order valence-electron chi connectivity index (χ0n) is 11.0. The Labute approximate surface area is 112 Å². The van der Waals surface area contributed by atoms with Crippen LogP contribution < -0.4 is 5.73 Å². The molecule has 3 nitrogen and oxygen atoms in total. The summed E-state index contributed by atoms with van der Waals surface area (Å²) in [7, 11) is 2.01. The van der Waals surface area contributed by atoms with Crippen molar-refractivity contribution in [1.82, 2.24) is 9.55 Å². The highest BCUT2D eigenvalue weighted by Crippen LogP contribution is 2.28. The molecule has 1 heterocycles. The molecule has 1 aromatic heterocycles. The molecule has 0 saturated carbocycles. The fraction of sp³-hybridized carbons (Fsp3) is 0.188. The van der Waals surface area contributed by atoms with Crippen molar-refractivity contribution in [1.29, 1.82) is 0 Å². The molecule has 0 saturated heterocycles. The Kier molecular flexibility index (Phi) is 3.05. The number of nitrogens with zero attached hydrogens (tertiary/aromatic N) is 2. The summed E-state index contributed by atoms with van der Waals surface area (Å²) in [5.74, 6) is 1.14. The summed E-state index contributed by atoms with van der Waals surface area (Å²) in [6.07, 6.45) is 3.78. The highest BCUT2D eigenvalue weighted by Gasteiger charge is 2.18. The average Bonchev–Trinajstić information content (AvgIpc) is 2.86. The lowest BCUT2D eigenvalue weighted by Crippen LogP contribution is -2.17. The van der Waals surface area contributed by atoms with E-state index in [1.807, 2.05) is 24.0 Å². The van der Waals surface area contributed by atoms with Crippen LogP contribution >= 0.6 is 0 Å². The van der Waals surface area contributed by atoms with Crippen LogP contribution in [0.1, 0.15) is 17.3 Å². The van der Waals surface area contributed by atoms with Gasteiger partial charge in [-0.2, -0.15) is 0 Å².